The predicted molar refractivity (Wildman–Crippen MR) is 110 cm³/mol. The number of fused-ring (bicyclic) bond motifs is 1. The molecule has 0 spiro atoms. The van der Waals surface area contributed by atoms with Gasteiger partial charge in [-0.15, -0.1) is 0 Å². The monoisotopic (exact) mass is 351 g/mol. The van der Waals surface area contributed by atoms with Crippen LogP contribution in [-0.4, -0.2) is 14.8 Å². The van der Waals surface area contributed by atoms with Crippen LogP contribution < -0.4 is 0 Å². The molecule has 3 heteroatoms. The molecule has 0 unspecified atom stereocenters. The molecule has 0 bridgehead atoms. The van der Waals surface area contributed by atoms with Gasteiger partial charge in [-0.3, -0.25) is 4.68 Å². The summed E-state index contributed by atoms with van der Waals surface area (Å²) in [5.41, 5.74) is 7.21. The van der Waals surface area contributed by atoms with Crippen molar-refractivity contribution in [2.24, 2.45) is 7.05 Å². The fourth-order valence-electron chi connectivity index (χ4n) is 3.32. The van der Waals surface area contributed by atoms with Gasteiger partial charge in [-0.2, -0.15) is 5.10 Å². The van der Waals surface area contributed by atoms with E-state index in [9.17, 15) is 0 Å². The van der Waals surface area contributed by atoms with Crippen molar-refractivity contribution in [1.82, 2.24) is 14.8 Å². The Labute approximate surface area is 159 Å². The number of para-hydroxylation sites is 1. The van der Waals surface area contributed by atoms with Crippen molar-refractivity contribution in [3.05, 3.63) is 83.2 Å². The van der Waals surface area contributed by atoms with Crippen LogP contribution in [0.15, 0.2) is 60.8 Å². The molecule has 0 saturated heterocycles. The Morgan fingerprint density at radius 3 is 2.44 bits per heavy atom. The van der Waals surface area contributed by atoms with Crippen LogP contribution in [0.4, 0.5) is 0 Å². The van der Waals surface area contributed by atoms with E-state index in [1.165, 1.54) is 5.56 Å². The maximum atomic E-state index is 5.03. The summed E-state index contributed by atoms with van der Waals surface area (Å²) in [5, 5.41) is 5.49. The number of pyridine rings is 1. The lowest BCUT2D eigenvalue weighted by Crippen LogP contribution is -1.95. The van der Waals surface area contributed by atoms with Crippen molar-refractivity contribution in [1.29, 1.82) is 0 Å². The van der Waals surface area contributed by atoms with Crippen LogP contribution in [0.1, 0.15) is 29.3 Å². The molecular weight excluding hydrogens is 330 g/mol. The molecule has 2 aromatic heterocycles. The lowest BCUT2D eigenvalue weighted by molar-refractivity contribution is 0.756. The van der Waals surface area contributed by atoms with Crippen LogP contribution in [0, 0.1) is 18.8 Å². The largest absolute Gasteiger partial charge is 0.274 e. The summed E-state index contributed by atoms with van der Waals surface area (Å²) >= 11 is 0. The Kier molecular flexibility index (Phi) is 4.48. The lowest BCUT2D eigenvalue weighted by Gasteiger charge is -2.10. The number of benzene rings is 2. The van der Waals surface area contributed by atoms with Crippen LogP contribution in [-0.2, 0) is 13.5 Å². The molecule has 0 atom stereocenters. The van der Waals surface area contributed by atoms with Crippen molar-refractivity contribution >= 4 is 10.9 Å². The Balaban J connectivity index is 1.89. The van der Waals surface area contributed by atoms with E-state index < -0.39 is 0 Å². The smallest absolute Gasteiger partial charge is 0.0866 e. The van der Waals surface area contributed by atoms with Gasteiger partial charge in [0, 0.05) is 24.2 Å². The highest BCUT2D eigenvalue weighted by molar-refractivity contribution is 5.88. The molecule has 2 heterocycles. The van der Waals surface area contributed by atoms with Gasteiger partial charge < -0.3 is 0 Å². The van der Waals surface area contributed by atoms with Gasteiger partial charge in [-0.1, -0.05) is 61.2 Å². The van der Waals surface area contributed by atoms with Crippen molar-refractivity contribution in [2.45, 2.75) is 20.3 Å². The molecule has 132 valence electrons. The quantitative estimate of drug-likeness (QED) is 0.481. The molecule has 0 fully saturated rings. The van der Waals surface area contributed by atoms with Gasteiger partial charge in [0.05, 0.1) is 28.0 Å². The van der Waals surface area contributed by atoms with E-state index in [0.717, 1.165) is 45.4 Å². The molecule has 0 amide bonds. The summed E-state index contributed by atoms with van der Waals surface area (Å²) in [6.45, 7) is 4.15. The third-order valence-corrected chi connectivity index (χ3v) is 4.70. The SMILES string of the molecule is CCc1cc2cccc(C#Cc3cn(C)nc3C)c2nc1-c1ccccc1. The van der Waals surface area contributed by atoms with E-state index in [-0.39, 0.29) is 0 Å². The summed E-state index contributed by atoms with van der Waals surface area (Å²) < 4.78 is 1.79. The molecule has 27 heavy (non-hydrogen) atoms. The molecule has 0 N–H and O–H groups in total. The van der Waals surface area contributed by atoms with Crippen molar-refractivity contribution in [3.8, 4) is 23.1 Å². The Morgan fingerprint density at radius 1 is 0.963 bits per heavy atom. The number of hydrogen-bond donors (Lipinski definition) is 0. The van der Waals surface area contributed by atoms with E-state index in [1.807, 2.05) is 38.4 Å². The van der Waals surface area contributed by atoms with E-state index in [0.29, 0.717) is 0 Å². The minimum atomic E-state index is 0.940. The lowest BCUT2D eigenvalue weighted by atomic mass is 10.00. The van der Waals surface area contributed by atoms with Crippen LogP contribution in [0.2, 0.25) is 0 Å². The average Bonchev–Trinajstić information content (AvgIpc) is 3.03. The van der Waals surface area contributed by atoms with Crippen LogP contribution in [0.3, 0.4) is 0 Å². The third-order valence-electron chi connectivity index (χ3n) is 4.70. The van der Waals surface area contributed by atoms with Crippen LogP contribution >= 0.6 is 0 Å². The van der Waals surface area contributed by atoms with Gasteiger partial charge >= 0.3 is 0 Å². The first-order valence-corrected chi connectivity index (χ1v) is 9.16. The first kappa shape index (κ1) is 17.1. The van der Waals surface area contributed by atoms with Crippen LogP contribution in [0.5, 0.6) is 0 Å². The number of hydrogen-bond acceptors (Lipinski definition) is 2. The first-order valence-electron chi connectivity index (χ1n) is 9.16. The molecule has 2 aromatic carbocycles. The summed E-state index contributed by atoms with van der Waals surface area (Å²) in [7, 11) is 1.91. The molecule has 4 rings (SSSR count). The highest BCUT2D eigenvalue weighted by atomic mass is 15.2. The van der Waals surface area contributed by atoms with E-state index in [2.05, 4.69) is 60.3 Å². The minimum Gasteiger partial charge on any atom is -0.274 e. The number of aromatic nitrogens is 3. The molecule has 0 radical (unpaired) electrons. The minimum absolute atomic E-state index is 0.940. The Bertz CT molecular complexity index is 1170. The third kappa shape index (κ3) is 3.35. The van der Waals surface area contributed by atoms with E-state index in [1.54, 1.807) is 4.68 Å². The molecule has 3 nitrogen and oxygen atoms in total. The molecule has 0 aliphatic carbocycles. The molecule has 0 aliphatic rings. The topological polar surface area (TPSA) is 30.7 Å². The maximum absolute atomic E-state index is 5.03. The highest BCUT2D eigenvalue weighted by Gasteiger charge is 2.10. The summed E-state index contributed by atoms with van der Waals surface area (Å²) in [6, 6.07) is 18.8. The van der Waals surface area contributed by atoms with Gasteiger partial charge in [-0.25, -0.2) is 4.98 Å². The van der Waals surface area contributed by atoms with Crippen LogP contribution in [0.25, 0.3) is 22.2 Å². The van der Waals surface area contributed by atoms with Gasteiger partial charge in [0.1, 0.15) is 0 Å². The van der Waals surface area contributed by atoms with E-state index in [4.69, 9.17) is 4.98 Å². The van der Waals surface area contributed by atoms with Gasteiger partial charge in [-0.05, 0) is 31.0 Å². The zero-order valence-corrected chi connectivity index (χ0v) is 15.8. The fraction of sp³-hybridized carbons (Fsp3) is 0.167. The second-order valence-corrected chi connectivity index (χ2v) is 6.64. The van der Waals surface area contributed by atoms with Gasteiger partial charge in [0.25, 0.3) is 0 Å². The Morgan fingerprint density at radius 2 is 1.74 bits per heavy atom. The zero-order valence-electron chi connectivity index (χ0n) is 15.8. The second-order valence-electron chi connectivity index (χ2n) is 6.64. The van der Waals surface area contributed by atoms with Gasteiger partial charge in [0.2, 0.25) is 0 Å². The average molecular weight is 351 g/mol. The van der Waals surface area contributed by atoms with Gasteiger partial charge in [0.15, 0.2) is 0 Å². The van der Waals surface area contributed by atoms with Crippen molar-refractivity contribution < 1.29 is 0 Å². The maximum Gasteiger partial charge on any atom is 0.0866 e. The predicted octanol–water partition coefficient (Wildman–Crippen LogP) is 4.91. The standard InChI is InChI=1S/C24H21N3/c1-4-18-15-21-12-8-11-20(13-14-22-16-27(3)26-17(22)2)24(21)25-23(18)19-9-6-5-7-10-19/h5-12,15-16H,4H2,1-3H3. The summed E-state index contributed by atoms with van der Waals surface area (Å²) in [5.74, 6) is 6.57. The van der Waals surface area contributed by atoms with Crippen molar-refractivity contribution in [3.63, 3.8) is 0 Å². The molecule has 0 aliphatic heterocycles. The number of nitrogens with zero attached hydrogens (tertiary/aromatic N) is 3. The fourth-order valence-corrected chi connectivity index (χ4v) is 3.32. The summed E-state index contributed by atoms with van der Waals surface area (Å²) in [4.78, 5) is 5.03. The summed E-state index contributed by atoms with van der Waals surface area (Å²) in [6.07, 6.45) is 2.89. The number of aryl methyl sites for hydroxylation is 3. The molecule has 4 aromatic rings. The first-order chi connectivity index (χ1) is 13.2. The number of rotatable bonds is 2. The molecule has 0 saturated carbocycles. The molecular formula is C24H21N3. The normalized spacial score (nSPS) is 10.6. The highest BCUT2D eigenvalue weighted by Crippen LogP contribution is 2.27. The van der Waals surface area contributed by atoms with Crippen molar-refractivity contribution in [2.75, 3.05) is 0 Å². The van der Waals surface area contributed by atoms with E-state index >= 15 is 0 Å². The Hall–Kier alpha value is -3.38. The zero-order chi connectivity index (χ0) is 18.8. The second kappa shape index (κ2) is 7.09.